The largest absolute Gasteiger partial charge is 0.376 e. The Morgan fingerprint density at radius 1 is 0.857 bits per heavy atom. The van der Waals surface area contributed by atoms with Gasteiger partial charge in [-0.25, -0.2) is 9.97 Å². The van der Waals surface area contributed by atoms with Crippen LogP contribution in [0.25, 0.3) is 10.7 Å². The molecular weight excluding hydrogens is 366 g/mol. The summed E-state index contributed by atoms with van der Waals surface area (Å²) >= 11 is 1.59. The molecule has 0 saturated heterocycles. The molecule has 0 aliphatic carbocycles. The monoisotopic (exact) mass is 387 g/mol. The van der Waals surface area contributed by atoms with Crippen LogP contribution < -0.4 is 5.32 Å². The van der Waals surface area contributed by atoms with Gasteiger partial charge in [-0.3, -0.25) is 0 Å². The van der Waals surface area contributed by atoms with Crippen molar-refractivity contribution in [3.05, 3.63) is 95.5 Å². The molecule has 0 fully saturated rings. The van der Waals surface area contributed by atoms with E-state index < -0.39 is 0 Å². The van der Waals surface area contributed by atoms with Crippen molar-refractivity contribution < 1.29 is 4.74 Å². The van der Waals surface area contributed by atoms with Gasteiger partial charge in [-0.05, 0) is 41.8 Å². The molecule has 0 spiro atoms. The number of ether oxygens (including phenoxy) is 1. The Labute approximate surface area is 168 Å². The quantitative estimate of drug-likeness (QED) is 0.394. The minimum Gasteiger partial charge on any atom is -0.376 e. The second-order valence-corrected chi connectivity index (χ2v) is 7.25. The molecule has 0 bridgehead atoms. The van der Waals surface area contributed by atoms with Gasteiger partial charge in [0.15, 0.2) is 0 Å². The highest BCUT2D eigenvalue weighted by atomic mass is 32.1. The van der Waals surface area contributed by atoms with E-state index in [4.69, 9.17) is 4.74 Å². The van der Waals surface area contributed by atoms with Gasteiger partial charge in [-0.1, -0.05) is 48.5 Å². The van der Waals surface area contributed by atoms with Crippen molar-refractivity contribution in [2.75, 3.05) is 11.9 Å². The molecule has 1 N–H and O–H groups in total. The number of nitrogens with one attached hydrogen (secondary N) is 1. The maximum atomic E-state index is 5.77. The molecule has 4 rings (SSSR count). The fourth-order valence-corrected chi connectivity index (χ4v) is 3.44. The number of hydrogen-bond acceptors (Lipinski definition) is 5. The van der Waals surface area contributed by atoms with Gasteiger partial charge in [0.05, 0.1) is 13.2 Å². The summed E-state index contributed by atoms with van der Waals surface area (Å²) < 4.78 is 5.77. The van der Waals surface area contributed by atoms with E-state index in [0.717, 1.165) is 28.6 Å². The van der Waals surface area contributed by atoms with Gasteiger partial charge in [0, 0.05) is 17.3 Å². The summed E-state index contributed by atoms with van der Waals surface area (Å²) in [5, 5.41) is 6.24. The fourth-order valence-electron chi connectivity index (χ4n) is 2.83. The molecule has 5 heteroatoms. The van der Waals surface area contributed by atoms with Crippen LogP contribution in [0.15, 0.2) is 84.4 Å². The summed E-state index contributed by atoms with van der Waals surface area (Å²) in [5.74, 6) is 0.812. The normalized spacial score (nSPS) is 10.7. The molecule has 0 saturated carbocycles. The highest BCUT2D eigenvalue weighted by molar-refractivity contribution is 7.13. The van der Waals surface area contributed by atoms with Gasteiger partial charge < -0.3 is 10.1 Å². The van der Waals surface area contributed by atoms with Crippen LogP contribution in [0.2, 0.25) is 0 Å². The van der Waals surface area contributed by atoms with E-state index >= 15 is 0 Å². The Kier molecular flexibility index (Phi) is 6.07. The Hall–Kier alpha value is -3.02. The number of rotatable bonds is 8. The minimum absolute atomic E-state index is 0.654. The Morgan fingerprint density at radius 2 is 1.71 bits per heavy atom. The lowest BCUT2D eigenvalue weighted by atomic mass is 10.1. The zero-order chi connectivity index (χ0) is 19.0. The highest BCUT2D eigenvalue weighted by Crippen LogP contribution is 2.22. The lowest BCUT2D eigenvalue weighted by Gasteiger charge is -2.08. The molecule has 28 heavy (non-hydrogen) atoms. The SMILES string of the molecule is c1ccc(COCCc2ccc(Nc3cccc(-c4nccs4)n3)cc2)cc1. The zero-order valence-electron chi connectivity index (χ0n) is 15.4. The molecule has 0 unspecified atom stereocenters. The third kappa shape index (κ3) is 5.03. The molecule has 0 atom stereocenters. The second kappa shape index (κ2) is 9.26. The van der Waals surface area contributed by atoms with Crippen LogP contribution in [0.4, 0.5) is 11.5 Å². The Morgan fingerprint density at radius 3 is 2.50 bits per heavy atom. The number of hydrogen-bond donors (Lipinski definition) is 1. The van der Waals surface area contributed by atoms with Gasteiger partial charge in [0.1, 0.15) is 16.5 Å². The van der Waals surface area contributed by atoms with Gasteiger partial charge in [0.25, 0.3) is 0 Å². The molecule has 2 aromatic carbocycles. The maximum Gasteiger partial charge on any atom is 0.141 e. The molecule has 4 nitrogen and oxygen atoms in total. The fraction of sp³-hybridized carbons (Fsp3) is 0.130. The zero-order valence-corrected chi connectivity index (χ0v) is 16.2. The predicted molar refractivity (Wildman–Crippen MR) is 115 cm³/mol. The maximum absolute atomic E-state index is 5.77. The average Bonchev–Trinajstić information content (AvgIpc) is 3.28. The Bertz CT molecular complexity index is 986. The first-order chi connectivity index (χ1) is 13.9. The first-order valence-electron chi connectivity index (χ1n) is 9.21. The van der Waals surface area contributed by atoms with E-state index in [2.05, 4.69) is 51.7 Å². The van der Waals surface area contributed by atoms with Crippen LogP contribution in [-0.2, 0) is 17.8 Å². The number of benzene rings is 2. The topological polar surface area (TPSA) is 47.0 Å². The number of thiazole rings is 1. The van der Waals surface area contributed by atoms with Gasteiger partial charge in [0.2, 0.25) is 0 Å². The third-order valence-electron chi connectivity index (χ3n) is 4.27. The van der Waals surface area contributed by atoms with Crippen LogP contribution in [0.1, 0.15) is 11.1 Å². The summed E-state index contributed by atoms with van der Waals surface area (Å²) in [6.07, 6.45) is 2.69. The van der Waals surface area contributed by atoms with Crippen molar-refractivity contribution in [3.63, 3.8) is 0 Å². The van der Waals surface area contributed by atoms with Crippen LogP contribution in [-0.4, -0.2) is 16.6 Å². The minimum atomic E-state index is 0.654. The van der Waals surface area contributed by atoms with Gasteiger partial charge >= 0.3 is 0 Å². The lowest BCUT2D eigenvalue weighted by Crippen LogP contribution is -1.99. The van der Waals surface area contributed by atoms with Crippen molar-refractivity contribution in [2.45, 2.75) is 13.0 Å². The van der Waals surface area contributed by atoms with Crippen molar-refractivity contribution in [2.24, 2.45) is 0 Å². The van der Waals surface area contributed by atoms with Crippen LogP contribution in [0.5, 0.6) is 0 Å². The molecular formula is C23H21N3OS. The van der Waals surface area contributed by atoms with E-state index in [1.807, 2.05) is 41.8 Å². The van der Waals surface area contributed by atoms with E-state index in [-0.39, 0.29) is 0 Å². The van der Waals surface area contributed by atoms with Crippen molar-refractivity contribution in [1.29, 1.82) is 0 Å². The molecule has 0 amide bonds. The molecule has 2 heterocycles. The van der Waals surface area contributed by atoms with Crippen molar-refractivity contribution >= 4 is 22.8 Å². The summed E-state index contributed by atoms with van der Waals surface area (Å²) in [6.45, 7) is 1.36. The summed E-state index contributed by atoms with van der Waals surface area (Å²) in [4.78, 5) is 8.96. The molecule has 140 valence electrons. The molecule has 0 aliphatic rings. The van der Waals surface area contributed by atoms with Crippen LogP contribution >= 0.6 is 11.3 Å². The number of anilines is 2. The van der Waals surface area contributed by atoms with E-state index in [1.54, 1.807) is 17.5 Å². The second-order valence-electron chi connectivity index (χ2n) is 6.36. The number of aromatic nitrogens is 2. The lowest BCUT2D eigenvalue weighted by molar-refractivity contribution is 0.124. The number of pyridine rings is 1. The summed E-state index contributed by atoms with van der Waals surface area (Å²) in [6, 6.07) is 24.6. The van der Waals surface area contributed by atoms with Crippen molar-refractivity contribution in [1.82, 2.24) is 9.97 Å². The first-order valence-corrected chi connectivity index (χ1v) is 10.1. The molecule has 4 aromatic rings. The molecule has 0 radical (unpaired) electrons. The summed E-state index contributed by atoms with van der Waals surface area (Å²) in [7, 11) is 0. The van der Waals surface area contributed by atoms with Crippen molar-refractivity contribution in [3.8, 4) is 10.7 Å². The highest BCUT2D eigenvalue weighted by Gasteiger charge is 2.04. The standard InChI is InChI=1S/C23H21N3OS/c1-2-5-19(6-3-1)17-27-15-13-18-9-11-20(12-10-18)25-22-8-4-7-21(26-22)23-24-14-16-28-23/h1-12,14,16H,13,15,17H2,(H,25,26). The van der Waals surface area contributed by atoms with E-state index in [0.29, 0.717) is 13.2 Å². The number of nitrogens with zero attached hydrogens (tertiary/aromatic N) is 2. The van der Waals surface area contributed by atoms with E-state index in [1.165, 1.54) is 11.1 Å². The smallest absolute Gasteiger partial charge is 0.141 e. The summed E-state index contributed by atoms with van der Waals surface area (Å²) in [5.41, 5.74) is 4.35. The first kappa shape index (κ1) is 18.3. The average molecular weight is 388 g/mol. The van der Waals surface area contributed by atoms with Crippen LogP contribution in [0, 0.1) is 0 Å². The third-order valence-corrected chi connectivity index (χ3v) is 5.07. The molecule has 0 aliphatic heterocycles. The van der Waals surface area contributed by atoms with E-state index in [9.17, 15) is 0 Å². The van der Waals surface area contributed by atoms with Gasteiger partial charge in [-0.2, -0.15) is 0 Å². The van der Waals surface area contributed by atoms with Crippen LogP contribution in [0.3, 0.4) is 0 Å². The molecule has 2 aromatic heterocycles. The van der Waals surface area contributed by atoms with Gasteiger partial charge in [-0.15, -0.1) is 11.3 Å². The predicted octanol–water partition coefficient (Wildman–Crippen LogP) is 5.71. The Balaban J connectivity index is 1.29.